The van der Waals surface area contributed by atoms with Gasteiger partial charge in [0.05, 0.1) is 6.10 Å². The van der Waals surface area contributed by atoms with E-state index in [1.54, 1.807) is 0 Å². The third kappa shape index (κ3) is 1.89. The highest BCUT2D eigenvalue weighted by Crippen LogP contribution is 2.45. The van der Waals surface area contributed by atoms with Gasteiger partial charge in [0, 0.05) is 6.54 Å². The van der Waals surface area contributed by atoms with Gasteiger partial charge in [0.2, 0.25) is 0 Å². The second-order valence-electron chi connectivity index (χ2n) is 5.48. The highest BCUT2D eigenvalue weighted by atomic mass is 16.5. The van der Waals surface area contributed by atoms with Gasteiger partial charge in [0.15, 0.2) is 0 Å². The molecule has 1 aliphatic carbocycles. The van der Waals surface area contributed by atoms with Crippen LogP contribution in [0, 0.1) is 5.41 Å². The lowest BCUT2D eigenvalue weighted by Gasteiger charge is -2.39. The van der Waals surface area contributed by atoms with Gasteiger partial charge in [0.1, 0.15) is 5.72 Å². The maximum atomic E-state index is 6.06. The summed E-state index contributed by atoms with van der Waals surface area (Å²) >= 11 is 0. The number of rotatable bonds is 0. The van der Waals surface area contributed by atoms with Crippen molar-refractivity contribution >= 4 is 0 Å². The second kappa shape index (κ2) is 2.96. The van der Waals surface area contributed by atoms with Crippen LogP contribution >= 0.6 is 0 Å². The predicted molar refractivity (Wildman–Crippen MR) is 53.5 cm³/mol. The Morgan fingerprint density at radius 2 is 2.08 bits per heavy atom. The van der Waals surface area contributed by atoms with Gasteiger partial charge < -0.3 is 4.74 Å². The maximum Gasteiger partial charge on any atom is 0.120 e. The summed E-state index contributed by atoms with van der Waals surface area (Å²) in [6, 6.07) is 0. The Morgan fingerprint density at radius 1 is 1.31 bits per heavy atom. The van der Waals surface area contributed by atoms with Gasteiger partial charge in [-0.3, -0.25) is 5.32 Å². The van der Waals surface area contributed by atoms with Crippen molar-refractivity contribution in [1.82, 2.24) is 5.32 Å². The molecule has 0 bridgehead atoms. The fourth-order valence-electron chi connectivity index (χ4n) is 2.73. The van der Waals surface area contributed by atoms with E-state index in [1.165, 1.54) is 19.3 Å². The second-order valence-corrected chi connectivity index (χ2v) is 5.48. The van der Waals surface area contributed by atoms with Gasteiger partial charge in [-0.1, -0.05) is 13.8 Å². The van der Waals surface area contributed by atoms with Crippen molar-refractivity contribution in [2.75, 3.05) is 6.54 Å². The first-order valence-electron chi connectivity index (χ1n) is 5.44. The number of hydrogen-bond donors (Lipinski definition) is 1. The van der Waals surface area contributed by atoms with Crippen molar-refractivity contribution in [3.8, 4) is 0 Å². The highest BCUT2D eigenvalue weighted by molar-refractivity contribution is 4.95. The molecule has 2 unspecified atom stereocenters. The molecule has 0 aromatic carbocycles. The van der Waals surface area contributed by atoms with Crippen LogP contribution in [-0.2, 0) is 4.74 Å². The van der Waals surface area contributed by atoms with Crippen molar-refractivity contribution in [3.63, 3.8) is 0 Å². The quantitative estimate of drug-likeness (QED) is 0.622. The van der Waals surface area contributed by atoms with Crippen LogP contribution in [-0.4, -0.2) is 18.4 Å². The van der Waals surface area contributed by atoms with Gasteiger partial charge in [-0.25, -0.2) is 0 Å². The molecular weight excluding hydrogens is 162 g/mol. The Kier molecular flexibility index (Phi) is 2.16. The lowest BCUT2D eigenvalue weighted by atomic mass is 9.91. The molecule has 2 nitrogen and oxygen atoms in total. The summed E-state index contributed by atoms with van der Waals surface area (Å²) in [5, 5.41) is 3.56. The summed E-state index contributed by atoms with van der Waals surface area (Å²) in [6.45, 7) is 7.99. The zero-order valence-electron chi connectivity index (χ0n) is 9.02. The summed E-state index contributed by atoms with van der Waals surface area (Å²) in [4.78, 5) is 0. The van der Waals surface area contributed by atoms with Crippen LogP contribution in [0.1, 0.15) is 46.5 Å². The van der Waals surface area contributed by atoms with Crippen molar-refractivity contribution in [3.05, 3.63) is 0 Å². The first-order valence-corrected chi connectivity index (χ1v) is 5.44. The summed E-state index contributed by atoms with van der Waals surface area (Å²) in [7, 11) is 0. The minimum Gasteiger partial charge on any atom is -0.358 e. The minimum atomic E-state index is 0.0289. The average molecular weight is 183 g/mol. The molecule has 2 fully saturated rings. The minimum absolute atomic E-state index is 0.0289. The Hall–Kier alpha value is -0.0800. The van der Waals surface area contributed by atoms with E-state index in [0.717, 1.165) is 13.0 Å². The van der Waals surface area contributed by atoms with E-state index in [9.17, 15) is 0 Å². The number of ether oxygens (including phenoxy) is 1. The molecule has 1 heterocycles. The lowest BCUT2D eigenvalue weighted by Crippen LogP contribution is -2.52. The standard InChI is InChI=1S/C11H21NO/c1-9-4-7-12-11(13-9)6-5-10(2,3)8-11/h9,12H,4-8H2,1-3H3. The van der Waals surface area contributed by atoms with Crippen LogP contribution in [0.2, 0.25) is 0 Å². The lowest BCUT2D eigenvalue weighted by molar-refractivity contribution is -0.135. The summed E-state index contributed by atoms with van der Waals surface area (Å²) < 4.78 is 6.06. The van der Waals surface area contributed by atoms with Crippen LogP contribution in [0.25, 0.3) is 0 Å². The van der Waals surface area contributed by atoms with Crippen LogP contribution in [0.5, 0.6) is 0 Å². The fraction of sp³-hybridized carbons (Fsp3) is 1.00. The molecule has 1 N–H and O–H groups in total. The molecule has 1 saturated carbocycles. The molecule has 0 aromatic rings. The van der Waals surface area contributed by atoms with Crippen LogP contribution in [0.3, 0.4) is 0 Å². The van der Waals surface area contributed by atoms with E-state index >= 15 is 0 Å². The molecule has 1 aliphatic heterocycles. The predicted octanol–water partition coefficient (Wildman–Crippen LogP) is 2.29. The van der Waals surface area contributed by atoms with E-state index in [4.69, 9.17) is 4.74 Å². The molecule has 1 saturated heterocycles. The zero-order valence-corrected chi connectivity index (χ0v) is 9.02. The first kappa shape index (κ1) is 9.47. The molecule has 13 heavy (non-hydrogen) atoms. The highest BCUT2D eigenvalue weighted by Gasteiger charge is 2.46. The van der Waals surface area contributed by atoms with Crippen molar-refractivity contribution in [1.29, 1.82) is 0 Å². The van der Waals surface area contributed by atoms with E-state index in [2.05, 4.69) is 26.1 Å². The van der Waals surface area contributed by atoms with Crippen molar-refractivity contribution < 1.29 is 4.74 Å². The third-order valence-corrected chi connectivity index (χ3v) is 3.39. The fourth-order valence-corrected chi connectivity index (χ4v) is 2.73. The van der Waals surface area contributed by atoms with Crippen molar-refractivity contribution in [2.24, 2.45) is 5.41 Å². The van der Waals surface area contributed by atoms with Gasteiger partial charge in [-0.2, -0.15) is 0 Å². The Bertz CT molecular complexity index is 202. The van der Waals surface area contributed by atoms with Crippen LogP contribution in [0.4, 0.5) is 0 Å². The monoisotopic (exact) mass is 183 g/mol. The molecular formula is C11H21NO. The van der Waals surface area contributed by atoms with Crippen LogP contribution in [0.15, 0.2) is 0 Å². The summed E-state index contributed by atoms with van der Waals surface area (Å²) in [5.41, 5.74) is 0.491. The summed E-state index contributed by atoms with van der Waals surface area (Å²) in [5.74, 6) is 0. The van der Waals surface area contributed by atoms with E-state index in [1.807, 2.05) is 0 Å². The molecule has 0 radical (unpaired) electrons. The van der Waals surface area contributed by atoms with E-state index in [-0.39, 0.29) is 5.72 Å². The van der Waals surface area contributed by atoms with E-state index in [0.29, 0.717) is 11.5 Å². The van der Waals surface area contributed by atoms with Gasteiger partial charge >= 0.3 is 0 Å². The topological polar surface area (TPSA) is 21.3 Å². The molecule has 2 heteroatoms. The first-order chi connectivity index (χ1) is 6.02. The third-order valence-electron chi connectivity index (χ3n) is 3.39. The maximum absolute atomic E-state index is 6.06. The Labute approximate surface area is 81.0 Å². The molecule has 2 aliphatic rings. The zero-order chi connectivity index (χ0) is 9.53. The normalized spacial score (nSPS) is 44.1. The molecule has 76 valence electrons. The Morgan fingerprint density at radius 3 is 2.62 bits per heavy atom. The van der Waals surface area contributed by atoms with Gasteiger partial charge in [-0.15, -0.1) is 0 Å². The SMILES string of the molecule is CC1CCNC2(CCC(C)(C)C2)O1. The number of nitrogens with one attached hydrogen (secondary N) is 1. The molecule has 2 rings (SSSR count). The average Bonchev–Trinajstić information content (AvgIpc) is 2.26. The largest absolute Gasteiger partial charge is 0.358 e. The van der Waals surface area contributed by atoms with Gasteiger partial charge in [0.25, 0.3) is 0 Å². The Balaban J connectivity index is 2.05. The number of hydrogen-bond acceptors (Lipinski definition) is 2. The van der Waals surface area contributed by atoms with E-state index < -0.39 is 0 Å². The molecule has 1 spiro atoms. The molecule has 0 amide bonds. The summed E-state index contributed by atoms with van der Waals surface area (Å²) in [6.07, 6.45) is 5.24. The van der Waals surface area contributed by atoms with Crippen LogP contribution < -0.4 is 5.32 Å². The van der Waals surface area contributed by atoms with Crippen molar-refractivity contribution in [2.45, 2.75) is 58.3 Å². The molecule has 2 atom stereocenters. The smallest absolute Gasteiger partial charge is 0.120 e. The molecule has 0 aromatic heterocycles. The van der Waals surface area contributed by atoms with Gasteiger partial charge in [-0.05, 0) is 38.0 Å².